The van der Waals surface area contributed by atoms with Crippen molar-refractivity contribution < 1.29 is 0 Å². The average Bonchev–Trinajstić information content (AvgIpc) is 2.96. The first-order chi connectivity index (χ1) is 10.2. The smallest absolute Gasteiger partial charge is 0.189 e. The number of nitrogen functional groups attached to an aromatic ring is 1. The first-order valence-electron chi connectivity index (χ1n) is 6.94. The van der Waals surface area contributed by atoms with Crippen LogP contribution in [0.3, 0.4) is 0 Å². The molecule has 3 rings (SSSR count). The van der Waals surface area contributed by atoms with Crippen LogP contribution in [-0.4, -0.2) is 20.2 Å². The van der Waals surface area contributed by atoms with Crippen molar-refractivity contribution >= 4 is 5.69 Å². The molecular weight excluding hydrogens is 262 g/mol. The number of para-hydroxylation sites is 1. The van der Waals surface area contributed by atoms with Crippen molar-refractivity contribution in [2.75, 3.05) is 5.73 Å². The summed E-state index contributed by atoms with van der Waals surface area (Å²) in [4.78, 5) is 0. The van der Waals surface area contributed by atoms with E-state index in [0.29, 0.717) is 11.5 Å². The Morgan fingerprint density at radius 2 is 1.90 bits per heavy atom. The predicted octanol–water partition coefficient (Wildman–Crippen LogP) is 2.78. The molecule has 1 heterocycles. The summed E-state index contributed by atoms with van der Waals surface area (Å²) in [6.07, 6.45) is 0.915. The highest BCUT2D eigenvalue weighted by Gasteiger charge is 2.16. The molecule has 5 nitrogen and oxygen atoms in total. The lowest BCUT2D eigenvalue weighted by atomic mass is 10.1. The van der Waals surface area contributed by atoms with Crippen molar-refractivity contribution in [1.29, 1.82) is 0 Å². The molecule has 0 amide bonds. The molecule has 106 valence electrons. The molecule has 0 atom stereocenters. The molecule has 0 aliphatic rings. The van der Waals surface area contributed by atoms with Crippen LogP contribution in [0.15, 0.2) is 42.5 Å². The van der Waals surface area contributed by atoms with Crippen LogP contribution >= 0.6 is 0 Å². The number of anilines is 1. The van der Waals surface area contributed by atoms with E-state index in [1.807, 2.05) is 43.3 Å². The van der Waals surface area contributed by atoms with E-state index >= 15 is 0 Å². The number of tetrazole rings is 1. The molecule has 5 heteroatoms. The maximum absolute atomic E-state index is 6.12. The molecule has 0 aliphatic carbocycles. The lowest BCUT2D eigenvalue weighted by Gasteiger charge is -2.12. The summed E-state index contributed by atoms with van der Waals surface area (Å²) in [5.41, 5.74) is 10.9. The van der Waals surface area contributed by atoms with Gasteiger partial charge in [-0.05, 0) is 47.0 Å². The van der Waals surface area contributed by atoms with Gasteiger partial charge < -0.3 is 5.73 Å². The van der Waals surface area contributed by atoms with Crippen LogP contribution in [0.1, 0.15) is 18.1 Å². The molecule has 0 saturated carbocycles. The Morgan fingerprint density at radius 1 is 1.10 bits per heavy atom. The Bertz CT molecular complexity index is 756. The molecular formula is C16H17N5. The lowest BCUT2D eigenvalue weighted by molar-refractivity contribution is 0.783. The van der Waals surface area contributed by atoms with Gasteiger partial charge in [0.2, 0.25) is 0 Å². The van der Waals surface area contributed by atoms with Gasteiger partial charge in [0.15, 0.2) is 5.82 Å². The van der Waals surface area contributed by atoms with E-state index in [1.165, 1.54) is 5.56 Å². The van der Waals surface area contributed by atoms with Gasteiger partial charge >= 0.3 is 0 Å². The highest BCUT2D eigenvalue weighted by Crippen LogP contribution is 2.29. The van der Waals surface area contributed by atoms with Crippen LogP contribution in [-0.2, 0) is 6.42 Å². The maximum Gasteiger partial charge on any atom is 0.189 e. The van der Waals surface area contributed by atoms with Gasteiger partial charge in [-0.3, -0.25) is 0 Å². The largest absolute Gasteiger partial charge is 0.398 e. The summed E-state index contributed by atoms with van der Waals surface area (Å²) in [7, 11) is 0. The molecule has 2 N–H and O–H groups in total. The Hall–Kier alpha value is -2.69. The Morgan fingerprint density at radius 3 is 2.67 bits per heavy atom. The van der Waals surface area contributed by atoms with Crippen LogP contribution in [0, 0.1) is 6.92 Å². The summed E-state index contributed by atoms with van der Waals surface area (Å²) >= 11 is 0. The second-order valence-corrected chi connectivity index (χ2v) is 4.94. The standard InChI is InChI=1S/C16H17N5/c1-3-12-8-4-5-10-14(12)21-16(18-19-20-21)15-11(2)7-6-9-13(15)17/h4-10H,3,17H2,1-2H3. The molecule has 3 aromatic rings. The van der Waals surface area contributed by atoms with Gasteiger partial charge in [0.05, 0.1) is 5.69 Å². The fourth-order valence-electron chi connectivity index (χ4n) is 2.52. The number of rotatable bonds is 3. The summed E-state index contributed by atoms with van der Waals surface area (Å²) in [6, 6.07) is 13.9. The Balaban J connectivity index is 2.23. The van der Waals surface area contributed by atoms with Gasteiger partial charge in [-0.25, -0.2) is 0 Å². The van der Waals surface area contributed by atoms with Gasteiger partial charge in [-0.2, -0.15) is 4.68 Å². The number of hydrogen-bond donors (Lipinski definition) is 1. The van der Waals surface area contributed by atoms with Crippen LogP contribution in [0.5, 0.6) is 0 Å². The second-order valence-electron chi connectivity index (χ2n) is 4.94. The number of nitrogens with two attached hydrogens (primary N) is 1. The highest BCUT2D eigenvalue weighted by atomic mass is 15.5. The highest BCUT2D eigenvalue weighted by molar-refractivity contribution is 5.75. The van der Waals surface area contributed by atoms with E-state index in [0.717, 1.165) is 23.2 Å². The van der Waals surface area contributed by atoms with Gasteiger partial charge in [-0.1, -0.05) is 37.3 Å². The van der Waals surface area contributed by atoms with E-state index in [1.54, 1.807) is 4.68 Å². The number of aromatic nitrogens is 4. The molecule has 1 aromatic heterocycles. The van der Waals surface area contributed by atoms with Crippen molar-refractivity contribution in [3.63, 3.8) is 0 Å². The molecule has 0 radical (unpaired) electrons. The minimum Gasteiger partial charge on any atom is -0.398 e. The third-order valence-electron chi connectivity index (χ3n) is 3.60. The van der Waals surface area contributed by atoms with E-state index in [4.69, 9.17) is 5.73 Å². The van der Waals surface area contributed by atoms with E-state index in [9.17, 15) is 0 Å². The minimum atomic E-state index is 0.673. The van der Waals surface area contributed by atoms with Crippen molar-refractivity contribution in [3.8, 4) is 17.1 Å². The number of benzene rings is 2. The first kappa shape index (κ1) is 13.3. The first-order valence-corrected chi connectivity index (χ1v) is 6.94. The number of hydrogen-bond acceptors (Lipinski definition) is 4. The molecule has 0 spiro atoms. The van der Waals surface area contributed by atoms with E-state index < -0.39 is 0 Å². The van der Waals surface area contributed by atoms with E-state index in [2.05, 4.69) is 28.5 Å². The zero-order valence-corrected chi connectivity index (χ0v) is 12.1. The second kappa shape index (κ2) is 5.36. The average molecular weight is 279 g/mol. The van der Waals surface area contributed by atoms with Gasteiger partial charge in [-0.15, -0.1) is 5.10 Å². The quantitative estimate of drug-likeness (QED) is 0.748. The normalized spacial score (nSPS) is 10.8. The number of nitrogens with zero attached hydrogens (tertiary/aromatic N) is 4. The van der Waals surface area contributed by atoms with Crippen molar-refractivity contribution in [1.82, 2.24) is 20.2 Å². The Kier molecular flexibility index (Phi) is 3.39. The molecule has 0 bridgehead atoms. The van der Waals surface area contributed by atoms with Crippen LogP contribution in [0.2, 0.25) is 0 Å². The zero-order valence-electron chi connectivity index (χ0n) is 12.1. The van der Waals surface area contributed by atoms with Crippen LogP contribution in [0.4, 0.5) is 5.69 Å². The monoisotopic (exact) mass is 279 g/mol. The van der Waals surface area contributed by atoms with Crippen molar-refractivity contribution in [3.05, 3.63) is 53.6 Å². The third kappa shape index (κ3) is 2.27. The molecule has 0 aliphatic heterocycles. The SMILES string of the molecule is CCc1ccccc1-n1nnnc1-c1c(C)cccc1N. The third-order valence-corrected chi connectivity index (χ3v) is 3.60. The molecule has 0 fully saturated rings. The molecule has 0 unspecified atom stereocenters. The topological polar surface area (TPSA) is 69.6 Å². The molecule has 21 heavy (non-hydrogen) atoms. The molecule has 2 aromatic carbocycles. The summed E-state index contributed by atoms with van der Waals surface area (Å²) in [5.74, 6) is 0.673. The lowest BCUT2D eigenvalue weighted by Crippen LogP contribution is -2.05. The fourth-order valence-corrected chi connectivity index (χ4v) is 2.52. The van der Waals surface area contributed by atoms with Gasteiger partial charge in [0.1, 0.15) is 0 Å². The van der Waals surface area contributed by atoms with Crippen LogP contribution in [0.25, 0.3) is 17.1 Å². The predicted molar refractivity (Wildman–Crippen MR) is 83.1 cm³/mol. The summed E-state index contributed by atoms with van der Waals surface area (Å²) < 4.78 is 1.76. The fraction of sp³-hybridized carbons (Fsp3) is 0.188. The van der Waals surface area contributed by atoms with Crippen LogP contribution < -0.4 is 5.73 Å². The van der Waals surface area contributed by atoms with E-state index in [-0.39, 0.29) is 0 Å². The van der Waals surface area contributed by atoms with Gasteiger partial charge in [0, 0.05) is 11.3 Å². The summed E-state index contributed by atoms with van der Waals surface area (Å²) in [6.45, 7) is 4.13. The maximum atomic E-state index is 6.12. The zero-order chi connectivity index (χ0) is 14.8. The minimum absolute atomic E-state index is 0.673. The van der Waals surface area contributed by atoms with Crippen molar-refractivity contribution in [2.45, 2.75) is 20.3 Å². The summed E-state index contributed by atoms with van der Waals surface area (Å²) in [5, 5.41) is 12.2. The number of aryl methyl sites for hydroxylation is 2. The molecule has 0 saturated heterocycles. The van der Waals surface area contributed by atoms with Gasteiger partial charge in [0.25, 0.3) is 0 Å². The van der Waals surface area contributed by atoms with Crippen molar-refractivity contribution in [2.24, 2.45) is 0 Å². The Labute approximate surface area is 123 Å².